The number of ether oxygens (including phenoxy) is 4. The Bertz CT molecular complexity index is 615. The fourth-order valence-electron chi connectivity index (χ4n) is 4.87. The lowest BCUT2D eigenvalue weighted by atomic mass is 9.84. The van der Waals surface area contributed by atoms with E-state index in [2.05, 4.69) is 5.32 Å². The molecule has 2 aliphatic heterocycles. The number of nitrogens with two attached hydrogens (primary N) is 4. The van der Waals surface area contributed by atoms with Crippen molar-refractivity contribution in [2.75, 3.05) is 13.7 Å². The molecule has 3 fully saturated rings. The van der Waals surface area contributed by atoms with Crippen LogP contribution in [0.5, 0.6) is 0 Å². The van der Waals surface area contributed by atoms with E-state index in [0.29, 0.717) is 12.8 Å². The summed E-state index contributed by atoms with van der Waals surface area (Å²) in [5.74, 6) is 0. The van der Waals surface area contributed by atoms with Crippen molar-refractivity contribution in [1.29, 1.82) is 0 Å². The molecule has 188 valence electrons. The lowest BCUT2D eigenvalue weighted by molar-refractivity contribution is -0.307. The smallest absolute Gasteiger partial charge is 0.185 e. The molecule has 13 atom stereocenters. The zero-order valence-corrected chi connectivity index (χ0v) is 19.0. The molecule has 0 unspecified atom stereocenters. The van der Waals surface area contributed by atoms with E-state index in [1.54, 1.807) is 14.0 Å². The molecule has 2 saturated heterocycles. The van der Waals surface area contributed by atoms with Gasteiger partial charge in [-0.3, -0.25) is 0 Å². The van der Waals surface area contributed by atoms with Crippen LogP contribution in [0.3, 0.4) is 0 Å². The maximum Gasteiger partial charge on any atom is 0.185 e. The number of rotatable bonds is 6. The van der Waals surface area contributed by atoms with Gasteiger partial charge in [0.25, 0.3) is 0 Å². The fourth-order valence-corrected chi connectivity index (χ4v) is 4.87. The first kappa shape index (κ1) is 26.1. The average molecular weight is 464 g/mol. The quantitative estimate of drug-likeness (QED) is 0.192. The predicted molar refractivity (Wildman–Crippen MR) is 115 cm³/mol. The van der Waals surface area contributed by atoms with E-state index in [1.807, 2.05) is 6.92 Å². The molecule has 1 saturated carbocycles. The van der Waals surface area contributed by atoms with Gasteiger partial charge in [-0.05, 0) is 40.2 Å². The Morgan fingerprint density at radius 1 is 1.00 bits per heavy atom. The minimum absolute atomic E-state index is 0.0683. The molecule has 3 rings (SSSR count). The first-order valence-electron chi connectivity index (χ1n) is 11.3. The summed E-state index contributed by atoms with van der Waals surface area (Å²) in [5.41, 5.74) is 23.3. The molecule has 1 aliphatic carbocycles. The summed E-state index contributed by atoms with van der Waals surface area (Å²) in [6, 6.07) is -2.47. The molecule has 0 bridgehead atoms. The van der Waals surface area contributed by atoms with Crippen LogP contribution in [0, 0.1) is 0 Å². The summed E-state index contributed by atoms with van der Waals surface area (Å²) >= 11 is 0. The Kier molecular flexibility index (Phi) is 8.51. The van der Waals surface area contributed by atoms with Gasteiger partial charge in [-0.2, -0.15) is 0 Å². The van der Waals surface area contributed by atoms with E-state index in [-0.39, 0.29) is 24.8 Å². The van der Waals surface area contributed by atoms with E-state index < -0.39 is 60.7 Å². The highest BCUT2D eigenvalue weighted by Gasteiger charge is 2.50. The van der Waals surface area contributed by atoms with Crippen molar-refractivity contribution in [2.45, 2.75) is 112 Å². The molecular weight excluding hydrogens is 422 g/mol. The van der Waals surface area contributed by atoms with Crippen LogP contribution in [0.15, 0.2) is 0 Å². The SMILES string of the molecule is CN[C@@H]1[C@H](O)[C@H](O[C@H]2[C@H](O)[C@@H](O[C@@H]3O[C@H]([C@H](C)N)CC[C@@H]3N)[C@@H](N)C[C@H]2N)OC[C@@]1(C)O. The average Bonchev–Trinajstić information content (AvgIpc) is 2.71. The normalized spacial score (nSPS) is 51.4. The first-order chi connectivity index (χ1) is 15.0. The maximum atomic E-state index is 11.1. The van der Waals surface area contributed by atoms with Crippen molar-refractivity contribution in [3.05, 3.63) is 0 Å². The predicted octanol–water partition coefficient (Wildman–Crippen LogP) is -3.59. The lowest BCUT2D eigenvalue weighted by Gasteiger charge is -2.48. The van der Waals surface area contributed by atoms with Gasteiger partial charge in [0.2, 0.25) is 0 Å². The van der Waals surface area contributed by atoms with Crippen molar-refractivity contribution in [1.82, 2.24) is 5.32 Å². The van der Waals surface area contributed by atoms with Gasteiger partial charge < -0.3 is 62.5 Å². The summed E-state index contributed by atoms with van der Waals surface area (Å²) in [6.45, 7) is 3.34. The zero-order valence-electron chi connectivity index (χ0n) is 19.0. The molecule has 2 heterocycles. The van der Waals surface area contributed by atoms with Crippen molar-refractivity contribution >= 4 is 0 Å². The highest BCUT2D eigenvalue weighted by molar-refractivity contribution is 5.02. The third-order valence-corrected chi connectivity index (χ3v) is 6.81. The van der Waals surface area contributed by atoms with Gasteiger partial charge in [0.05, 0.1) is 24.8 Å². The fraction of sp³-hybridized carbons (Fsp3) is 1.00. The molecule has 12 nitrogen and oxygen atoms in total. The first-order valence-corrected chi connectivity index (χ1v) is 11.3. The van der Waals surface area contributed by atoms with Crippen molar-refractivity contribution < 1.29 is 34.3 Å². The van der Waals surface area contributed by atoms with Crippen LogP contribution >= 0.6 is 0 Å². The minimum Gasteiger partial charge on any atom is -0.388 e. The molecule has 12 N–H and O–H groups in total. The highest BCUT2D eigenvalue weighted by Crippen LogP contribution is 2.31. The third kappa shape index (κ3) is 5.43. The van der Waals surface area contributed by atoms with E-state index in [9.17, 15) is 15.3 Å². The molecule has 0 aromatic rings. The molecule has 0 aromatic carbocycles. The van der Waals surface area contributed by atoms with Gasteiger partial charge >= 0.3 is 0 Å². The van der Waals surface area contributed by atoms with Gasteiger partial charge in [-0.25, -0.2) is 0 Å². The lowest BCUT2D eigenvalue weighted by Crippen LogP contribution is -2.68. The van der Waals surface area contributed by atoms with Gasteiger partial charge in [0, 0.05) is 18.1 Å². The Hall–Kier alpha value is -0.480. The number of nitrogens with one attached hydrogen (secondary N) is 1. The van der Waals surface area contributed by atoms with Gasteiger partial charge in [0.1, 0.15) is 30.0 Å². The number of hydrogen-bond acceptors (Lipinski definition) is 12. The summed E-state index contributed by atoms with van der Waals surface area (Å²) in [6.07, 6.45) is -4.58. The largest absolute Gasteiger partial charge is 0.388 e. The van der Waals surface area contributed by atoms with E-state index in [1.165, 1.54) is 0 Å². The molecule has 3 aliphatic rings. The van der Waals surface area contributed by atoms with Crippen molar-refractivity contribution in [3.63, 3.8) is 0 Å². The van der Waals surface area contributed by atoms with Crippen molar-refractivity contribution in [2.24, 2.45) is 22.9 Å². The maximum absolute atomic E-state index is 11.1. The van der Waals surface area contributed by atoms with Crippen LogP contribution in [0.25, 0.3) is 0 Å². The second kappa shape index (κ2) is 10.4. The number of aliphatic hydroxyl groups excluding tert-OH is 2. The van der Waals surface area contributed by atoms with Crippen LogP contribution in [-0.4, -0.2) is 108 Å². The van der Waals surface area contributed by atoms with Gasteiger partial charge in [-0.1, -0.05) is 0 Å². The monoisotopic (exact) mass is 463 g/mol. The van der Waals surface area contributed by atoms with Crippen LogP contribution in [0.4, 0.5) is 0 Å². The van der Waals surface area contributed by atoms with Crippen LogP contribution in [0.2, 0.25) is 0 Å². The molecule has 12 heteroatoms. The van der Waals surface area contributed by atoms with Gasteiger partial charge in [0.15, 0.2) is 12.6 Å². The molecule has 0 spiro atoms. The van der Waals surface area contributed by atoms with Crippen molar-refractivity contribution in [3.8, 4) is 0 Å². The Morgan fingerprint density at radius 2 is 1.59 bits per heavy atom. The highest BCUT2D eigenvalue weighted by atomic mass is 16.7. The topological polar surface area (TPSA) is 214 Å². The van der Waals surface area contributed by atoms with E-state index >= 15 is 0 Å². The Morgan fingerprint density at radius 3 is 2.16 bits per heavy atom. The molecular formula is C20H41N5O7. The standard InChI is InChI=1S/C20H41N5O7/c1-8(21)12-5-4-9(22)18(30-12)31-15-10(23)6-11(24)16(13(15)26)32-19-14(27)17(25-3)20(2,28)7-29-19/h8-19,25-28H,4-7,21-24H2,1-3H3/t8-,9-,10-,11+,12-,13+,14-,15-,16+,17+,18-,19-,20+/m0/s1. The minimum atomic E-state index is -1.29. The van der Waals surface area contributed by atoms with Crippen LogP contribution in [0.1, 0.15) is 33.1 Å². The van der Waals surface area contributed by atoms with Crippen LogP contribution < -0.4 is 28.3 Å². The molecule has 0 aromatic heterocycles. The summed E-state index contributed by atoms with van der Waals surface area (Å²) < 4.78 is 23.4. The third-order valence-electron chi connectivity index (χ3n) is 6.81. The van der Waals surface area contributed by atoms with Crippen LogP contribution in [-0.2, 0) is 18.9 Å². The Labute approximate surface area is 188 Å². The summed E-state index contributed by atoms with van der Waals surface area (Å²) in [4.78, 5) is 0. The number of likely N-dealkylation sites (N-methyl/N-ethyl adjacent to an activating group) is 1. The van der Waals surface area contributed by atoms with Gasteiger partial charge in [-0.15, -0.1) is 0 Å². The number of hydrogen-bond donors (Lipinski definition) is 8. The second-order valence-electron chi connectivity index (χ2n) is 9.69. The molecule has 32 heavy (non-hydrogen) atoms. The molecule has 0 radical (unpaired) electrons. The van der Waals surface area contributed by atoms with E-state index in [4.69, 9.17) is 41.9 Å². The second-order valence-corrected chi connectivity index (χ2v) is 9.69. The zero-order chi connectivity index (χ0) is 23.8. The molecule has 0 amide bonds. The summed E-state index contributed by atoms with van der Waals surface area (Å²) in [5, 5.41) is 35.0. The summed E-state index contributed by atoms with van der Waals surface area (Å²) in [7, 11) is 1.62. The number of aliphatic hydroxyl groups is 3. The Balaban J connectivity index is 1.69. The van der Waals surface area contributed by atoms with E-state index in [0.717, 1.165) is 6.42 Å².